The lowest BCUT2D eigenvalue weighted by molar-refractivity contribution is 1.02. The van der Waals surface area contributed by atoms with E-state index in [4.69, 9.17) is 0 Å². The van der Waals surface area contributed by atoms with Gasteiger partial charge in [0.25, 0.3) is 0 Å². The average molecular weight is 427 g/mol. The number of pyridine rings is 1. The van der Waals surface area contributed by atoms with Gasteiger partial charge in [0.2, 0.25) is 0 Å². The summed E-state index contributed by atoms with van der Waals surface area (Å²) in [7, 11) is 1.69. The van der Waals surface area contributed by atoms with Crippen molar-refractivity contribution in [2.45, 2.75) is 34.1 Å². The van der Waals surface area contributed by atoms with Gasteiger partial charge >= 0.3 is 0 Å². The fourth-order valence-electron chi connectivity index (χ4n) is 1.79. The van der Waals surface area contributed by atoms with Gasteiger partial charge in [-0.25, -0.2) is 4.98 Å². The molecule has 0 N–H and O–H groups in total. The average Bonchev–Trinajstić information content (AvgIpc) is 2.64. The lowest BCUT2D eigenvalue weighted by Gasteiger charge is -2.02. The smallest absolute Gasteiger partial charge is 0.151 e. The van der Waals surface area contributed by atoms with Crippen LogP contribution in [0.25, 0.3) is 11.0 Å². The Bertz CT molecular complexity index is 511. The third-order valence-corrected chi connectivity index (χ3v) is 4.66. The molecule has 0 atom stereocenters. The van der Waals surface area contributed by atoms with Crippen molar-refractivity contribution in [3.05, 3.63) is 28.0 Å². The zero-order valence-corrected chi connectivity index (χ0v) is 15.0. The summed E-state index contributed by atoms with van der Waals surface area (Å²) in [5, 5.41) is 1.24. The maximum Gasteiger partial charge on any atom is 0.151 e. The predicted molar refractivity (Wildman–Crippen MR) is 89.9 cm³/mol. The molecule has 0 fully saturated rings. The molecule has 17 heavy (non-hydrogen) atoms. The highest BCUT2D eigenvalue weighted by atomic mass is 127. The van der Waals surface area contributed by atoms with Crippen LogP contribution < -0.4 is 0 Å². The van der Waals surface area contributed by atoms with Gasteiger partial charge in [-0.3, -0.25) is 3.97 Å². The normalized spacial score (nSPS) is 10.2. The van der Waals surface area contributed by atoms with Crippen molar-refractivity contribution in [2.75, 3.05) is 0 Å². The molecule has 2 rings (SSSR count). The molecule has 0 aliphatic carbocycles. The Balaban J connectivity index is 0.000000686. The van der Waals surface area contributed by atoms with E-state index in [0.29, 0.717) is 0 Å². The van der Waals surface area contributed by atoms with Gasteiger partial charge in [-0.2, -0.15) is 0 Å². The number of hydrogen-bond acceptors (Lipinski definition) is 2. The first-order valence-corrected chi connectivity index (χ1v) is 9.74. The van der Waals surface area contributed by atoms with Crippen LogP contribution in [0.3, 0.4) is 0 Å². The molecule has 94 valence electrons. The van der Waals surface area contributed by atoms with E-state index in [1.807, 2.05) is 20.0 Å². The van der Waals surface area contributed by atoms with Crippen LogP contribution in [-0.2, 0) is 6.42 Å². The second kappa shape index (κ2) is 6.99. The van der Waals surface area contributed by atoms with Gasteiger partial charge in [-0.1, -0.05) is 20.8 Å². The molecule has 2 nitrogen and oxygen atoms in total. The van der Waals surface area contributed by atoms with Crippen LogP contribution in [0, 0.1) is 6.92 Å². The summed E-state index contributed by atoms with van der Waals surface area (Å²) in [6.45, 7) is 8.35. The monoisotopic (exact) mass is 426 g/mol. The Morgan fingerprint density at radius 1 is 1.47 bits per heavy atom. The van der Waals surface area contributed by atoms with Gasteiger partial charge in [0, 0.05) is 52.1 Å². The number of rotatable bonds is 2. The van der Waals surface area contributed by atoms with E-state index < -0.39 is 0 Å². The minimum absolute atomic E-state index is 1.04. The van der Waals surface area contributed by atoms with E-state index in [0.717, 1.165) is 16.5 Å². The van der Waals surface area contributed by atoms with E-state index in [1.54, 1.807) is 9.12 Å². The van der Waals surface area contributed by atoms with Crippen molar-refractivity contribution in [3.63, 3.8) is 0 Å². The first-order chi connectivity index (χ1) is 8.19. The molecule has 2 heterocycles. The molecule has 0 bridgehead atoms. The summed E-state index contributed by atoms with van der Waals surface area (Å²) >= 11 is 5.76. The van der Waals surface area contributed by atoms with Crippen LogP contribution in [0.2, 0.25) is 0 Å². The SMILES string of the molecule is CC.CCc1c(C)c2cc(Br)cnc2n1SI. The maximum absolute atomic E-state index is 4.47. The second-order valence-electron chi connectivity index (χ2n) is 3.31. The molecule has 0 aliphatic rings. The Hall–Kier alpha value is 0.250. The fraction of sp³-hybridized carbons (Fsp3) is 0.417. The molecule has 0 amide bonds. The fourth-order valence-corrected chi connectivity index (χ4v) is 3.95. The van der Waals surface area contributed by atoms with Crippen molar-refractivity contribution in [3.8, 4) is 0 Å². The van der Waals surface area contributed by atoms with Crippen LogP contribution in [0.1, 0.15) is 32.0 Å². The lowest BCUT2D eigenvalue weighted by Crippen LogP contribution is -1.92. The van der Waals surface area contributed by atoms with E-state index in [1.165, 1.54) is 16.6 Å². The number of aromatic nitrogens is 2. The number of fused-ring (bicyclic) bond motifs is 1. The van der Waals surface area contributed by atoms with Crippen molar-refractivity contribution in [2.24, 2.45) is 0 Å². The Morgan fingerprint density at radius 3 is 2.65 bits per heavy atom. The molecule has 2 aromatic heterocycles. The van der Waals surface area contributed by atoms with Crippen molar-refractivity contribution in [1.82, 2.24) is 8.96 Å². The van der Waals surface area contributed by atoms with Crippen molar-refractivity contribution >= 4 is 57.3 Å². The van der Waals surface area contributed by atoms with E-state index in [-0.39, 0.29) is 0 Å². The first-order valence-electron chi connectivity index (χ1n) is 5.63. The molecule has 0 radical (unpaired) electrons. The third kappa shape index (κ3) is 2.98. The summed E-state index contributed by atoms with van der Waals surface area (Å²) < 4.78 is 3.24. The van der Waals surface area contributed by atoms with Crippen LogP contribution >= 0.6 is 46.3 Å². The summed E-state index contributed by atoms with van der Waals surface area (Å²) in [5.74, 6) is 0. The minimum Gasteiger partial charge on any atom is -0.263 e. The molecule has 2 aromatic rings. The van der Waals surface area contributed by atoms with Crippen molar-refractivity contribution < 1.29 is 0 Å². The molecular weight excluding hydrogens is 411 g/mol. The van der Waals surface area contributed by atoms with Gasteiger partial charge in [0.1, 0.15) is 0 Å². The Morgan fingerprint density at radius 2 is 2.12 bits per heavy atom. The van der Waals surface area contributed by atoms with E-state index in [2.05, 4.69) is 66.0 Å². The van der Waals surface area contributed by atoms with Gasteiger partial charge in [-0.15, -0.1) is 0 Å². The standard InChI is InChI=1S/C10H10BrIN2S.C2H6/c1-3-9-6(2)8-4-7(11)5-13-10(8)14(9)15-12;1-2/h4-5H,3H2,1-2H3;1-2H3. The Kier molecular flexibility index (Phi) is 6.30. The summed E-state index contributed by atoms with van der Waals surface area (Å²) in [6, 6.07) is 2.14. The van der Waals surface area contributed by atoms with Crippen LogP contribution in [-0.4, -0.2) is 8.96 Å². The molecule has 0 aliphatic heterocycles. The van der Waals surface area contributed by atoms with Crippen LogP contribution in [0.15, 0.2) is 16.7 Å². The summed E-state index contributed by atoms with van der Waals surface area (Å²) in [6.07, 6.45) is 2.89. The number of halogens is 2. The van der Waals surface area contributed by atoms with Gasteiger partial charge in [0.15, 0.2) is 5.65 Å². The van der Waals surface area contributed by atoms with Gasteiger partial charge in [-0.05, 0) is 40.9 Å². The van der Waals surface area contributed by atoms with Gasteiger partial charge in [0.05, 0.1) is 0 Å². The zero-order valence-electron chi connectivity index (χ0n) is 10.4. The molecule has 0 unspecified atom stereocenters. The number of nitrogens with zero attached hydrogens (tertiary/aromatic N) is 2. The van der Waals surface area contributed by atoms with Crippen LogP contribution in [0.5, 0.6) is 0 Å². The zero-order chi connectivity index (χ0) is 13.0. The number of hydrogen-bond donors (Lipinski definition) is 0. The molecular formula is C12H16BrIN2S. The topological polar surface area (TPSA) is 17.8 Å². The molecule has 5 heteroatoms. The van der Waals surface area contributed by atoms with Crippen molar-refractivity contribution in [1.29, 1.82) is 0 Å². The Labute approximate surface area is 127 Å². The molecule has 0 saturated carbocycles. The highest BCUT2D eigenvalue weighted by Crippen LogP contribution is 2.32. The van der Waals surface area contributed by atoms with E-state index in [9.17, 15) is 0 Å². The van der Waals surface area contributed by atoms with Gasteiger partial charge < -0.3 is 0 Å². The molecule has 0 saturated heterocycles. The third-order valence-electron chi connectivity index (χ3n) is 2.51. The molecule has 0 aromatic carbocycles. The lowest BCUT2D eigenvalue weighted by atomic mass is 10.2. The number of aryl methyl sites for hydroxylation is 1. The van der Waals surface area contributed by atoms with E-state index >= 15 is 0 Å². The largest absolute Gasteiger partial charge is 0.263 e. The maximum atomic E-state index is 4.47. The highest BCUT2D eigenvalue weighted by molar-refractivity contribution is 14.2. The first kappa shape index (κ1) is 15.3. The quantitative estimate of drug-likeness (QED) is 0.586. The second-order valence-corrected chi connectivity index (χ2v) is 5.91. The summed E-state index contributed by atoms with van der Waals surface area (Å²) in [4.78, 5) is 4.47. The predicted octanol–water partition coefficient (Wildman–Crippen LogP) is 5.54. The van der Waals surface area contributed by atoms with Crippen LogP contribution in [0.4, 0.5) is 0 Å². The minimum atomic E-state index is 1.04. The highest BCUT2D eigenvalue weighted by Gasteiger charge is 2.13. The molecule has 0 spiro atoms. The summed E-state index contributed by atoms with van der Waals surface area (Å²) in [5.41, 5.74) is 3.76.